The third-order valence-electron chi connectivity index (χ3n) is 5.51. The van der Waals surface area contributed by atoms with Crippen LogP contribution in [-0.2, 0) is 28.4 Å². The maximum atomic E-state index is 9.26. The summed E-state index contributed by atoms with van der Waals surface area (Å²) in [7, 11) is 0. The van der Waals surface area contributed by atoms with E-state index >= 15 is 0 Å². The zero-order valence-corrected chi connectivity index (χ0v) is 22.0. The van der Waals surface area contributed by atoms with Crippen LogP contribution in [0, 0.1) is 5.41 Å². The van der Waals surface area contributed by atoms with E-state index in [9.17, 15) is 10.2 Å². The van der Waals surface area contributed by atoms with Gasteiger partial charge in [-0.15, -0.1) is 0 Å². The predicted octanol–water partition coefficient (Wildman–Crippen LogP) is -0.541. The molecule has 35 heavy (non-hydrogen) atoms. The van der Waals surface area contributed by atoms with Gasteiger partial charge in [0.05, 0.1) is 39.6 Å². The van der Waals surface area contributed by atoms with Gasteiger partial charge in [0, 0.05) is 6.42 Å². The van der Waals surface area contributed by atoms with Crippen molar-refractivity contribution in [1.29, 1.82) is 0 Å². The van der Waals surface area contributed by atoms with Crippen molar-refractivity contribution in [3.8, 4) is 0 Å². The molecule has 6 N–H and O–H groups in total. The minimum atomic E-state index is -1.94. The summed E-state index contributed by atoms with van der Waals surface area (Å²) < 4.78 is 31.1. The van der Waals surface area contributed by atoms with Gasteiger partial charge in [-0.3, -0.25) is 0 Å². The van der Waals surface area contributed by atoms with Gasteiger partial charge in [-0.25, -0.2) is 0 Å². The molecule has 0 aromatic heterocycles. The highest BCUT2D eigenvalue weighted by Gasteiger charge is 2.44. The minimum absolute atomic E-state index is 0.0414. The lowest BCUT2D eigenvalue weighted by molar-refractivity contribution is -0.351. The summed E-state index contributed by atoms with van der Waals surface area (Å²) in [5.41, 5.74) is 0.180. The van der Waals surface area contributed by atoms with Gasteiger partial charge < -0.3 is 59.1 Å². The first kappa shape index (κ1) is 32.5. The second kappa shape index (κ2) is 13.4. The Labute approximate surface area is 207 Å². The monoisotopic (exact) mass is 514 g/mol. The van der Waals surface area contributed by atoms with Gasteiger partial charge in [-0.2, -0.15) is 0 Å². The second-order valence-corrected chi connectivity index (χ2v) is 10.6. The number of aliphatic hydroxyl groups excluding tert-OH is 5. The number of hydrogen-bond acceptors (Lipinski definition) is 12. The number of rotatable bonds is 6. The zero-order chi connectivity index (χ0) is 27.1. The lowest BCUT2D eigenvalue weighted by Crippen LogP contribution is -2.42. The molecule has 0 saturated carbocycles. The number of ether oxygens (including phenoxy) is 6. The van der Waals surface area contributed by atoms with Crippen LogP contribution in [0.4, 0.5) is 0 Å². The molecule has 8 atom stereocenters. The third kappa shape index (κ3) is 10.4. The summed E-state index contributed by atoms with van der Waals surface area (Å²) in [6, 6.07) is 0. The Balaban J connectivity index is 0.000000264. The van der Waals surface area contributed by atoms with Gasteiger partial charge in [-0.1, -0.05) is 20.8 Å². The van der Waals surface area contributed by atoms with Crippen LogP contribution in [0.25, 0.3) is 0 Å². The van der Waals surface area contributed by atoms with E-state index in [0.29, 0.717) is 13.2 Å². The zero-order valence-electron chi connectivity index (χ0n) is 22.0. The van der Waals surface area contributed by atoms with Gasteiger partial charge in [0.25, 0.3) is 0 Å². The first-order valence-electron chi connectivity index (χ1n) is 11.9. The average molecular weight is 515 g/mol. The Morgan fingerprint density at radius 3 is 1.51 bits per heavy atom. The van der Waals surface area contributed by atoms with Crippen molar-refractivity contribution in [2.75, 3.05) is 39.6 Å². The third-order valence-corrected chi connectivity index (χ3v) is 5.51. The van der Waals surface area contributed by atoms with Crippen LogP contribution in [0.3, 0.4) is 0 Å². The van der Waals surface area contributed by atoms with E-state index in [1.807, 2.05) is 6.92 Å². The smallest absolute Gasteiger partial charge is 0.308 e. The van der Waals surface area contributed by atoms with Crippen molar-refractivity contribution in [3.63, 3.8) is 0 Å². The van der Waals surface area contributed by atoms with E-state index in [0.717, 1.165) is 6.42 Å². The van der Waals surface area contributed by atoms with E-state index in [1.54, 1.807) is 13.8 Å². The first-order chi connectivity index (χ1) is 16.0. The predicted molar refractivity (Wildman–Crippen MR) is 123 cm³/mol. The van der Waals surface area contributed by atoms with Gasteiger partial charge in [0.15, 0.2) is 11.6 Å². The molecule has 3 saturated heterocycles. The molecule has 0 aromatic carbocycles. The highest BCUT2D eigenvalue weighted by molar-refractivity contribution is 4.80. The van der Waals surface area contributed by atoms with Crippen molar-refractivity contribution in [2.45, 2.75) is 103 Å². The van der Waals surface area contributed by atoms with Gasteiger partial charge in [-0.05, 0) is 33.1 Å². The molecule has 0 spiro atoms. The standard InChI is InChI=1S/C10H20O3.C7H14O4.C6H12O5/c1-9(2,3)7-10(4)12-6-8(5-11)13-10;1-5(9)7(2)10-4-6(3-8)11-7;1-4(8)6(9)10-3-5(2-7)11-6/h8,11H,5-7H2,1-4H3;5-6,8-9H,3-4H2,1-2H3;4-5,7-9H,2-3H2,1H3. The van der Waals surface area contributed by atoms with Crippen molar-refractivity contribution in [3.05, 3.63) is 0 Å². The van der Waals surface area contributed by atoms with Gasteiger partial charge >= 0.3 is 5.97 Å². The Kier molecular flexibility index (Phi) is 12.4. The summed E-state index contributed by atoms with van der Waals surface area (Å²) in [6.07, 6.45) is -1.95. The molecule has 3 aliphatic rings. The number of hydrogen-bond donors (Lipinski definition) is 6. The van der Waals surface area contributed by atoms with Crippen LogP contribution in [0.15, 0.2) is 0 Å². The molecular weight excluding hydrogens is 468 g/mol. The van der Waals surface area contributed by atoms with Gasteiger partial charge in [0.2, 0.25) is 0 Å². The first-order valence-corrected chi connectivity index (χ1v) is 11.9. The normalized spacial score (nSPS) is 38.8. The molecule has 0 amide bonds. The molecule has 3 heterocycles. The molecule has 210 valence electrons. The molecule has 3 aliphatic heterocycles. The lowest BCUT2D eigenvalue weighted by atomic mass is 9.88. The van der Waals surface area contributed by atoms with E-state index in [4.69, 9.17) is 48.8 Å². The van der Waals surface area contributed by atoms with E-state index < -0.39 is 35.9 Å². The van der Waals surface area contributed by atoms with E-state index in [1.165, 1.54) is 6.92 Å². The van der Waals surface area contributed by atoms with Crippen molar-refractivity contribution in [1.82, 2.24) is 0 Å². The quantitative estimate of drug-likeness (QED) is 0.267. The fourth-order valence-corrected chi connectivity index (χ4v) is 3.63. The molecular formula is C23H46O12. The largest absolute Gasteiger partial charge is 0.394 e. The molecule has 8 unspecified atom stereocenters. The summed E-state index contributed by atoms with van der Waals surface area (Å²) in [6.45, 7) is 13.7. The summed E-state index contributed by atoms with van der Waals surface area (Å²) in [5.74, 6) is -3.38. The SMILES string of the molecule is CC(C)(C)CC1(C)OCC(CO)O1.CC(O)C1(C)OCC(CO)O1.CC(O)C1(O)OCC(CO)O1. The van der Waals surface area contributed by atoms with Crippen LogP contribution < -0.4 is 0 Å². The molecule has 12 heteroatoms. The molecule has 0 radical (unpaired) electrons. The van der Waals surface area contributed by atoms with Gasteiger partial charge in [0.1, 0.15) is 30.5 Å². The maximum Gasteiger partial charge on any atom is 0.308 e. The highest BCUT2D eigenvalue weighted by Crippen LogP contribution is 2.35. The molecule has 12 nitrogen and oxygen atoms in total. The fourth-order valence-electron chi connectivity index (χ4n) is 3.63. The highest BCUT2D eigenvalue weighted by atomic mass is 16.9. The minimum Gasteiger partial charge on any atom is -0.394 e. The molecule has 3 rings (SSSR count). The fraction of sp³-hybridized carbons (Fsp3) is 1.00. The lowest BCUT2D eigenvalue weighted by Gasteiger charge is -2.30. The van der Waals surface area contributed by atoms with Crippen LogP contribution >= 0.6 is 0 Å². The van der Waals surface area contributed by atoms with Crippen LogP contribution in [0.1, 0.15) is 54.9 Å². The Hall–Kier alpha value is -0.480. The average Bonchev–Trinajstić information content (AvgIpc) is 3.45. The number of aliphatic hydroxyl groups is 6. The van der Waals surface area contributed by atoms with Crippen LogP contribution in [-0.4, -0.2) is 118 Å². The molecule has 3 fully saturated rings. The second-order valence-electron chi connectivity index (χ2n) is 10.6. The van der Waals surface area contributed by atoms with Crippen LogP contribution in [0.2, 0.25) is 0 Å². The van der Waals surface area contributed by atoms with Crippen LogP contribution in [0.5, 0.6) is 0 Å². The topological polar surface area (TPSA) is 177 Å². The van der Waals surface area contributed by atoms with Crippen molar-refractivity contribution >= 4 is 0 Å². The van der Waals surface area contributed by atoms with E-state index in [-0.39, 0.29) is 44.1 Å². The Bertz CT molecular complexity index is 580. The summed E-state index contributed by atoms with van der Waals surface area (Å²) in [4.78, 5) is 0. The Morgan fingerprint density at radius 1 is 0.743 bits per heavy atom. The molecule has 0 aromatic rings. The molecule has 0 aliphatic carbocycles. The maximum absolute atomic E-state index is 9.26. The van der Waals surface area contributed by atoms with Crippen molar-refractivity contribution < 1.29 is 59.1 Å². The molecule has 0 bridgehead atoms. The van der Waals surface area contributed by atoms with Crippen molar-refractivity contribution in [2.24, 2.45) is 5.41 Å². The Morgan fingerprint density at radius 2 is 1.20 bits per heavy atom. The van der Waals surface area contributed by atoms with E-state index in [2.05, 4.69) is 20.8 Å². The summed E-state index contributed by atoms with van der Waals surface area (Å²) in [5, 5.41) is 53.6. The summed E-state index contributed by atoms with van der Waals surface area (Å²) >= 11 is 0.